The van der Waals surface area contributed by atoms with E-state index in [0.29, 0.717) is 11.3 Å². The summed E-state index contributed by atoms with van der Waals surface area (Å²) in [4.78, 5) is 20.6. The van der Waals surface area contributed by atoms with Crippen molar-refractivity contribution >= 4 is 11.7 Å². The first-order valence-electron chi connectivity index (χ1n) is 5.91. The van der Waals surface area contributed by atoms with Crippen LogP contribution in [0.15, 0.2) is 28.8 Å². The van der Waals surface area contributed by atoms with Gasteiger partial charge in [0.15, 0.2) is 0 Å². The minimum absolute atomic E-state index is 0.192. The SMILES string of the molecule is CONC(=O)N(C)c1ccc(-c2noc(C(F)(F)F)n2)cc1. The van der Waals surface area contributed by atoms with E-state index in [4.69, 9.17) is 0 Å². The molecular formula is C12H11F3N4O3. The molecule has 0 atom stereocenters. The van der Waals surface area contributed by atoms with E-state index in [2.05, 4.69) is 25.0 Å². The molecule has 1 aromatic heterocycles. The molecule has 0 unspecified atom stereocenters. The van der Waals surface area contributed by atoms with Crippen LogP contribution in [0.1, 0.15) is 5.89 Å². The molecule has 118 valence electrons. The van der Waals surface area contributed by atoms with Crippen LogP contribution in [0.2, 0.25) is 0 Å². The number of hydrogen-bond acceptors (Lipinski definition) is 5. The molecular weight excluding hydrogens is 305 g/mol. The maximum atomic E-state index is 12.4. The van der Waals surface area contributed by atoms with E-state index < -0.39 is 18.1 Å². The summed E-state index contributed by atoms with van der Waals surface area (Å²) in [5, 5.41) is 3.27. The van der Waals surface area contributed by atoms with Gasteiger partial charge >= 0.3 is 18.1 Å². The van der Waals surface area contributed by atoms with E-state index in [1.165, 1.54) is 43.3 Å². The van der Waals surface area contributed by atoms with Crippen molar-refractivity contribution in [2.45, 2.75) is 6.18 Å². The average Bonchev–Trinajstić information content (AvgIpc) is 2.97. The van der Waals surface area contributed by atoms with E-state index >= 15 is 0 Å². The fourth-order valence-electron chi connectivity index (χ4n) is 1.56. The lowest BCUT2D eigenvalue weighted by molar-refractivity contribution is -0.159. The molecule has 22 heavy (non-hydrogen) atoms. The van der Waals surface area contributed by atoms with Crippen molar-refractivity contribution in [2.75, 3.05) is 19.1 Å². The molecule has 0 bridgehead atoms. The second kappa shape index (κ2) is 6.02. The lowest BCUT2D eigenvalue weighted by Crippen LogP contribution is -2.36. The van der Waals surface area contributed by atoms with Crippen molar-refractivity contribution in [1.29, 1.82) is 0 Å². The normalized spacial score (nSPS) is 11.3. The summed E-state index contributed by atoms with van der Waals surface area (Å²) in [5.41, 5.74) is 2.95. The van der Waals surface area contributed by atoms with Crippen molar-refractivity contribution in [1.82, 2.24) is 15.6 Å². The van der Waals surface area contributed by atoms with Gasteiger partial charge in [-0.15, -0.1) is 0 Å². The Morgan fingerprint density at radius 1 is 1.32 bits per heavy atom. The van der Waals surface area contributed by atoms with Crippen LogP contribution in [-0.4, -0.2) is 30.3 Å². The summed E-state index contributed by atoms with van der Waals surface area (Å²) in [7, 11) is 2.79. The maximum absolute atomic E-state index is 12.4. The zero-order valence-electron chi connectivity index (χ0n) is 11.5. The van der Waals surface area contributed by atoms with Gasteiger partial charge in [0.2, 0.25) is 5.82 Å². The third-order valence-corrected chi connectivity index (χ3v) is 2.68. The van der Waals surface area contributed by atoms with Gasteiger partial charge in [0.05, 0.1) is 7.11 Å². The number of rotatable bonds is 3. The first-order chi connectivity index (χ1) is 10.3. The van der Waals surface area contributed by atoms with Gasteiger partial charge in [-0.1, -0.05) is 5.16 Å². The molecule has 0 saturated heterocycles. The highest BCUT2D eigenvalue weighted by Crippen LogP contribution is 2.29. The van der Waals surface area contributed by atoms with Gasteiger partial charge < -0.3 is 4.52 Å². The molecule has 2 aromatic rings. The molecule has 2 rings (SSSR count). The Bertz CT molecular complexity index is 654. The van der Waals surface area contributed by atoms with Gasteiger partial charge in [0.1, 0.15) is 0 Å². The molecule has 0 radical (unpaired) electrons. The van der Waals surface area contributed by atoms with Crippen LogP contribution >= 0.6 is 0 Å². The number of carbonyl (C=O) groups excluding carboxylic acids is 1. The fourth-order valence-corrected chi connectivity index (χ4v) is 1.56. The molecule has 0 aliphatic heterocycles. The van der Waals surface area contributed by atoms with Crippen LogP contribution < -0.4 is 10.4 Å². The van der Waals surface area contributed by atoms with Crippen LogP contribution in [-0.2, 0) is 11.0 Å². The highest BCUT2D eigenvalue weighted by Gasteiger charge is 2.38. The van der Waals surface area contributed by atoms with Crippen molar-refractivity contribution in [3.05, 3.63) is 30.2 Å². The number of alkyl halides is 3. The molecule has 0 fully saturated rings. The van der Waals surface area contributed by atoms with E-state index in [0.717, 1.165) is 0 Å². The van der Waals surface area contributed by atoms with Crippen LogP contribution in [0.3, 0.4) is 0 Å². The van der Waals surface area contributed by atoms with Gasteiger partial charge in [-0.05, 0) is 24.3 Å². The van der Waals surface area contributed by atoms with Crippen molar-refractivity contribution in [3.8, 4) is 11.4 Å². The number of hydroxylamine groups is 1. The average molecular weight is 316 g/mol. The third-order valence-electron chi connectivity index (χ3n) is 2.68. The van der Waals surface area contributed by atoms with Crippen molar-refractivity contribution in [2.24, 2.45) is 0 Å². The van der Waals surface area contributed by atoms with Crippen LogP contribution in [0.5, 0.6) is 0 Å². The lowest BCUT2D eigenvalue weighted by atomic mass is 10.2. The predicted octanol–water partition coefficient (Wildman–Crippen LogP) is 2.46. The Hall–Kier alpha value is -2.62. The quantitative estimate of drug-likeness (QED) is 0.880. The topological polar surface area (TPSA) is 80.5 Å². The van der Waals surface area contributed by atoms with E-state index in [-0.39, 0.29) is 5.82 Å². The van der Waals surface area contributed by atoms with Gasteiger partial charge in [-0.2, -0.15) is 18.2 Å². The highest BCUT2D eigenvalue weighted by molar-refractivity contribution is 5.90. The van der Waals surface area contributed by atoms with Crippen molar-refractivity contribution < 1.29 is 27.3 Å². The van der Waals surface area contributed by atoms with Gasteiger partial charge in [-0.3, -0.25) is 9.74 Å². The van der Waals surface area contributed by atoms with Crippen molar-refractivity contribution in [3.63, 3.8) is 0 Å². The van der Waals surface area contributed by atoms with E-state index in [1.807, 2.05) is 0 Å². The zero-order chi connectivity index (χ0) is 16.3. The van der Waals surface area contributed by atoms with E-state index in [1.54, 1.807) is 0 Å². The number of hydrogen-bond donors (Lipinski definition) is 1. The van der Waals surface area contributed by atoms with Crippen LogP contribution in [0, 0.1) is 0 Å². The standard InChI is InChI=1S/C12H11F3N4O3/c1-19(11(20)18-21-2)8-5-3-7(4-6-8)9-16-10(22-17-9)12(13,14)15/h3-6H,1-2H3,(H,18,20). The van der Waals surface area contributed by atoms with Crippen LogP contribution in [0.25, 0.3) is 11.4 Å². The Balaban J connectivity index is 2.18. The molecule has 10 heteroatoms. The van der Waals surface area contributed by atoms with Crippen LogP contribution in [0.4, 0.5) is 23.7 Å². The zero-order valence-corrected chi connectivity index (χ0v) is 11.5. The molecule has 0 aliphatic rings. The number of anilines is 1. The minimum Gasteiger partial charge on any atom is -0.329 e. The summed E-state index contributed by atoms with van der Waals surface area (Å²) in [6.07, 6.45) is -4.69. The number of benzene rings is 1. The van der Waals surface area contributed by atoms with E-state index in [9.17, 15) is 18.0 Å². The number of nitrogens with one attached hydrogen (secondary N) is 1. The fraction of sp³-hybridized carbons (Fsp3) is 0.250. The van der Waals surface area contributed by atoms with Gasteiger partial charge in [-0.25, -0.2) is 10.3 Å². The molecule has 0 spiro atoms. The Morgan fingerprint density at radius 3 is 2.45 bits per heavy atom. The lowest BCUT2D eigenvalue weighted by Gasteiger charge is -2.16. The summed E-state index contributed by atoms with van der Waals surface area (Å²) in [6.45, 7) is 0. The summed E-state index contributed by atoms with van der Waals surface area (Å²) < 4.78 is 41.3. The largest absolute Gasteiger partial charge is 0.471 e. The molecule has 1 N–H and O–H groups in total. The smallest absolute Gasteiger partial charge is 0.329 e. The second-order valence-corrected chi connectivity index (χ2v) is 4.14. The molecule has 2 amide bonds. The molecule has 1 aromatic carbocycles. The molecule has 0 aliphatic carbocycles. The van der Waals surface area contributed by atoms with Gasteiger partial charge in [0.25, 0.3) is 0 Å². The molecule has 0 saturated carbocycles. The first kappa shape index (κ1) is 15.8. The molecule has 7 nitrogen and oxygen atoms in total. The first-order valence-corrected chi connectivity index (χ1v) is 5.91. The highest BCUT2D eigenvalue weighted by atomic mass is 19.4. The summed E-state index contributed by atoms with van der Waals surface area (Å²) in [6, 6.07) is 5.48. The third kappa shape index (κ3) is 3.34. The molecule has 1 heterocycles. The minimum atomic E-state index is -4.69. The maximum Gasteiger partial charge on any atom is 0.471 e. The van der Waals surface area contributed by atoms with Gasteiger partial charge in [0, 0.05) is 18.3 Å². The number of nitrogens with zero attached hydrogens (tertiary/aromatic N) is 3. The Labute approximate surface area is 122 Å². The second-order valence-electron chi connectivity index (χ2n) is 4.14. The Morgan fingerprint density at radius 2 is 1.95 bits per heavy atom. The number of halogens is 3. The number of carbonyl (C=O) groups is 1. The monoisotopic (exact) mass is 316 g/mol. The summed E-state index contributed by atoms with van der Waals surface area (Å²) >= 11 is 0. The Kier molecular flexibility index (Phi) is 4.31. The predicted molar refractivity (Wildman–Crippen MR) is 68.7 cm³/mol. The number of urea groups is 1. The summed E-state index contributed by atoms with van der Waals surface area (Å²) in [5.74, 6) is -1.61. The number of amides is 2. The number of aromatic nitrogens is 2.